The standard InChI is InChI=1S/C64H55B3N6S6Si2/c1-74-35-25-45-60-51(26-35)69-46-19-11-13-21-56(46)80(7,8)58-23-15-17-38(63(58)69)65(60)40-31-41-48(33-44(40)68-45)71(77-4)54-29-37(76-3)30-55-62(54)67(41)43-32-42-49(34-50(43)73(55)79-6)72(78-5)53-28-36(75-2)27-52-61(53)66(42)39-18-16-24-59-64(39)70(52)47-20-12-14-22-57(47)81(59,9)10/h11-34,68H,1-10H3. The minimum atomic E-state index is -2.12. The third-order valence-electron chi connectivity index (χ3n) is 19.3. The van der Waals surface area contributed by atoms with Crippen molar-refractivity contribution in [3.63, 3.8) is 0 Å². The van der Waals surface area contributed by atoms with E-state index in [1.165, 1.54) is 164 Å². The fourth-order valence-corrected chi connectivity index (χ4v) is 25.4. The number of nitrogens with one attached hydrogen (secondary N) is 1. The lowest BCUT2D eigenvalue weighted by Crippen LogP contribution is -2.69. The second-order valence-electron chi connectivity index (χ2n) is 23.5. The first kappa shape index (κ1) is 50.1. The Morgan fingerprint density at radius 2 is 0.728 bits per heavy atom. The highest BCUT2D eigenvalue weighted by molar-refractivity contribution is 8.01. The molecule has 0 bridgehead atoms. The van der Waals surface area contributed by atoms with Crippen molar-refractivity contribution >= 4 is 257 Å². The van der Waals surface area contributed by atoms with Crippen molar-refractivity contribution in [1.29, 1.82) is 0 Å². The maximum Gasteiger partial charge on any atom is 0.252 e. The summed E-state index contributed by atoms with van der Waals surface area (Å²) < 4.78 is 7.71. The van der Waals surface area contributed by atoms with Crippen LogP contribution in [0, 0.1) is 0 Å². The zero-order valence-corrected chi connectivity index (χ0v) is 53.7. The summed E-state index contributed by atoms with van der Waals surface area (Å²) in [6, 6.07) is 58.5. The van der Waals surface area contributed by atoms with Gasteiger partial charge in [-0.25, -0.2) is 0 Å². The van der Waals surface area contributed by atoms with Crippen LogP contribution < -0.4 is 97.9 Å². The summed E-state index contributed by atoms with van der Waals surface area (Å²) in [6.45, 7) is 10.3. The molecule has 17 rings (SSSR count). The van der Waals surface area contributed by atoms with Gasteiger partial charge in [-0.05, 0) is 185 Å². The van der Waals surface area contributed by atoms with E-state index in [2.05, 4.69) is 237 Å². The van der Waals surface area contributed by atoms with Crippen LogP contribution in [0.1, 0.15) is 0 Å². The van der Waals surface area contributed by atoms with Gasteiger partial charge in [0.05, 0.1) is 17.1 Å². The van der Waals surface area contributed by atoms with Gasteiger partial charge in [-0.2, -0.15) is 0 Å². The van der Waals surface area contributed by atoms with Gasteiger partial charge >= 0.3 is 0 Å². The van der Waals surface area contributed by atoms with Crippen molar-refractivity contribution < 1.29 is 0 Å². The van der Waals surface area contributed by atoms with E-state index >= 15 is 0 Å². The number of hydrogen-bond donors (Lipinski definition) is 1. The van der Waals surface area contributed by atoms with Crippen LogP contribution in [0.25, 0.3) is 0 Å². The Morgan fingerprint density at radius 3 is 1.22 bits per heavy atom. The summed E-state index contributed by atoms with van der Waals surface area (Å²) in [6.07, 6.45) is 13.5. The Morgan fingerprint density at radius 1 is 0.333 bits per heavy atom. The van der Waals surface area contributed by atoms with E-state index in [4.69, 9.17) is 0 Å². The zero-order chi connectivity index (χ0) is 54.9. The third-order valence-corrected chi connectivity index (χ3v) is 30.8. The van der Waals surface area contributed by atoms with E-state index in [9.17, 15) is 0 Å². The third kappa shape index (κ3) is 6.34. The van der Waals surface area contributed by atoms with Gasteiger partial charge in [0.25, 0.3) is 20.1 Å². The Hall–Kier alpha value is -5.49. The molecule has 81 heavy (non-hydrogen) atoms. The van der Waals surface area contributed by atoms with Crippen molar-refractivity contribution in [3.05, 3.63) is 146 Å². The maximum absolute atomic E-state index is 4.18. The van der Waals surface area contributed by atoms with Gasteiger partial charge in [-0.1, -0.05) is 111 Å². The molecule has 394 valence electrons. The lowest BCUT2D eigenvalue weighted by atomic mass is 9.29. The molecular weight excluding hydrogens is 1130 g/mol. The Kier molecular flexibility index (Phi) is 10.8. The molecule has 0 atom stereocenters. The largest absolute Gasteiger partial charge is 0.356 e. The van der Waals surface area contributed by atoms with Gasteiger partial charge in [-0.15, -0.1) is 35.3 Å². The molecule has 17 heteroatoms. The van der Waals surface area contributed by atoms with Crippen molar-refractivity contribution in [3.8, 4) is 0 Å². The Bertz CT molecular complexity index is 4370. The molecule has 0 fully saturated rings. The normalized spacial score (nSPS) is 16.4. The van der Waals surface area contributed by atoms with E-state index in [1.807, 2.05) is 71.1 Å². The summed E-state index contributed by atoms with van der Waals surface area (Å²) >= 11 is 11.0. The van der Waals surface area contributed by atoms with Crippen molar-refractivity contribution in [2.45, 2.75) is 40.9 Å². The average molecular weight is 1190 g/mol. The monoisotopic (exact) mass is 1190 g/mol. The highest BCUT2D eigenvalue weighted by Crippen LogP contribution is 2.51. The summed E-state index contributed by atoms with van der Waals surface area (Å²) in [4.78, 5) is 9.14. The molecule has 0 aliphatic carbocycles. The smallest absolute Gasteiger partial charge is 0.252 e. The van der Waals surface area contributed by atoms with E-state index in [-0.39, 0.29) is 20.1 Å². The second-order valence-corrected chi connectivity index (χ2v) is 37.0. The molecule has 0 saturated heterocycles. The number of nitrogens with zero attached hydrogens (tertiary/aromatic N) is 5. The number of rotatable bonds is 6. The van der Waals surface area contributed by atoms with E-state index < -0.39 is 16.1 Å². The van der Waals surface area contributed by atoms with Gasteiger partial charge < -0.3 is 15.1 Å². The summed E-state index contributed by atoms with van der Waals surface area (Å²) in [5.41, 5.74) is 30.7. The fourth-order valence-electron chi connectivity index (χ4n) is 15.9. The topological polar surface area (TPSA) is 28.2 Å². The number of thioether (sulfide) groups is 3. The highest BCUT2D eigenvalue weighted by atomic mass is 32.2. The van der Waals surface area contributed by atoms with E-state index in [0.29, 0.717) is 0 Å². The van der Waals surface area contributed by atoms with E-state index in [0.717, 1.165) is 0 Å². The number of para-hydroxylation sites is 4. The quantitative estimate of drug-likeness (QED) is 0.0978. The number of anilines is 14. The van der Waals surface area contributed by atoms with Crippen LogP contribution in [-0.2, 0) is 0 Å². The van der Waals surface area contributed by atoms with Crippen LogP contribution in [-0.4, -0.2) is 73.8 Å². The Balaban J connectivity index is 0.940. The van der Waals surface area contributed by atoms with Gasteiger partial charge in [-0.3, -0.25) is 12.9 Å². The van der Waals surface area contributed by atoms with Crippen LogP contribution >= 0.6 is 71.1 Å². The molecule has 6 nitrogen and oxygen atoms in total. The molecule has 8 aliphatic heterocycles. The molecule has 0 unspecified atom stereocenters. The van der Waals surface area contributed by atoms with Gasteiger partial charge in [0.15, 0.2) is 0 Å². The molecule has 8 heterocycles. The first-order chi connectivity index (χ1) is 39.4. The zero-order valence-electron chi connectivity index (χ0n) is 46.8. The number of fused-ring (bicyclic) bond motifs is 16. The van der Waals surface area contributed by atoms with Crippen molar-refractivity contribution in [2.75, 3.05) is 65.6 Å². The molecule has 0 amide bonds. The lowest BCUT2D eigenvalue weighted by molar-refractivity contribution is 1.26. The molecule has 0 spiro atoms. The lowest BCUT2D eigenvalue weighted by Gasteiger charge is -2.49. The first-order valence-electron chi connectivity index (χ1n) is 27.8. The first-order valence-corrected chi connectivity index (χ1v) is 41.0. The van der Waals surface area contributed by atoms with Crippen LogP contribution in [0.3, 0.4) is 0 Å². The summed E-state index contributed by atoms with van der Waals surface area (Å²) in [5.74, 6) is 0. The summed E-state index contributed by atoms with van der Waals surface area (Å²) in [5, 5.41) is 10.2. The van der Waals surface area contributed by atoms with Crippen molar-refractivity contribution in [1.82, 2.24) is 0 Å². The van der Waals surface area contributed by atoms with E-state index in [1.54, 1.807) is 0 Å². The van der Waals surface area contributed by atoms with Crippen LogP contribution in [0.4, 0.5) is 79.6 Å². The predicted molar refractivity (Wildman–Crippen MR) is 375 cm³/mol. The average Bonchev–Trinajstić information content (AvgIpc) is 1.92. The summed E-state index contributed by atoms with van der Waals surface area (Å²) in [7, 11) is -4.22. The molecule has 9 aromatic carbocycles. The van der Waals surface area contributed by atoms with Crippen LogP contribution in [0.2, 0.25) is 26.2 Å². The fraction of sp³-hybridized carbons (Fsp3) is 0.156. The number of hydrogen-bond acceptors (Lipinski definition) is 12. The highest BCUT2D eigenvalue weighted by Gasteiger charge is 2.53. The predicted octanol–water partition coefficient (Wildman–Crippen LogP) is 9.48. The molecule has 9 aromatic rings. The molecule has 8 aliphatic rings. The SMILES string of the molecule is CSc1cc2c3c(c1)N(SC)c1cc4c(cc1B3c1cc3c(cc1N2SC)Nc1cc(SC)cc2c1B3c1cccc3c1N2c1ccccc1[Si]3(C)C)B1c2cccc3c2N(c2ccccc2[Si]3(C)C)c2cc(SC)cc(c21)N4SC. The molecule has 0 saturated carbocycles. The molecular formula is C64H55B3N6S6Si2. The van der Waals surface area contributed by atoms with Crippen LogP contribution in [0.15, 0.2) is 160 Å². The Labute approximate surface area is 504 Å². The maximum atomic E-state index is 4.18. The molecule has 1 N–H and O–H groups in total. The molecule has 0 aromatic heterocycles. The van der Waals surface area contributed by atoms with Gasteiger partial charge in [0, 0.05) is 96.0 Å². The minimum Gasteiger partial charge on any atom is -0.356 e. The minimum absolute atomic E-state index is 0.0327. The molecule has 0 radical (unpaired) electrons. The number of benzene rings is 9. The van der Waals surface area contributed by atoms with Gasteiger partial charge in [0.1, 0.15) is 16.1 Å². The van der Waals surface area contributed by atoms with Crippen molar-refractivity contribution in [2.24, 2.45) is 0 Å². The van der Waals surface area contributed by atoms with Gasteiger partial charge in [0.2, 0.25) is 0 Å². The second kappa shape index (κ2) is 17.5. The van der Waals surface area contributed by atoms with Crippen LogP contribution in [0.5, 0.6) is 0 Å².